The van der Waals surface area contributed by atoms with Gasteiger partial charge in [0.05, 0.1) is 34.8 Å². The van der Waals surface area contributed by atoms with E-state index < -0.39 is 22.7 Å². The van der Waals surface area contributed by atoms with Crippen LogP contribution in [0.4, 0.5) is 5.69 Å². The van der Waals surface area contributed by atoms with Crippen molar-refractivity contribution in [3.05, 3.63) is 147 Å². The van der Waals surface area contributed by atoms with Crippen molar-refractivity contribution in [1.82, 2.24) is 4.90 Å². The maximum atomic E-state index is 15.4. The van der Waals surface area contributed by atoms with Gasteiger partial charge in [-0.2, -0.15) is 5.26 Å². The number of hydrogen-bond donors (Lipinski definition) is 3. The van der Waals surface area contributed by atoms with Crippen molar-refractivity contribution in [3.8, 4) is 29.1 Å². The van der Waals surface area contributed by atoms with Crippen LogP contribution in [0, 0.1) is 39.2 Å². The number of rotatable bonds is 19. The zero-order chi connectivity index (χ0) is 45.5. The van der Waals surface area contributed by atoms with Gasteiger partial charge in [0.2, 0.25) is 12.6 Å². The van der Waals surface area contributed by atoms with E-state index in [-0.39, 0.29) is 81.3 Å². The van der Waals surface area contributed by atoms with Crippen LogP contribution in [0.2, 0.25) is 0 Å². The summed E-state index contributed by atoms with van der Waals surface area (Å²) < 4.78 is 25.8. The predicted octanol–water partition coefficient (Wildman–Crippen LogP) is 8.08. The molecule has 0 aromatic heterocycles. The number of unbranched alkanes of at least 4 members (excludes halogenated alkanes) is 2. The standard InChI is InChI=1S/C50H52N4O11/c1-2-23-63-50-46(53(49(58)35-14-9-32(28-51)10-15-35)29-34-13-19-44-45(24-34)62-31-61-44)27-42(52-64-30-33-11-16-37(17-12-33)54(59)60)40-25-36(7-3-5-21-55)39(8-4-6-22-56)47(48(40)50)41-26-38(57)18-20-43(41)65-50/h2,9-20,24-26,36,39,46-48,55-57H,1,3-8,21-23,27,29-31H2. The molecule has 1 amide bonds. The lowest BCUT2D eigenvalue weighted by molar-refractivity contribution is -0.384. The van der Waals surface area contributed by atoms with Crippen molar-refractivity contribution >= 4 is 17.3 Å². The van der Waals surface area contributed by atoms with Crippen LogP contribution >= 0.6 is 0 Å². The third kappa shape index (κ3) is 9.28. The van der Waals surface area contributed by atoms with Crippen molar-refractivity contribution in [1.29, 1.82) is 5.26 Å². The zero-order valence-electron chi connectivity index (χ0n) is 35.9. The number of benzene rings is 4. The number of phenolic OH excluding ortho intramolecular Hbond substituents is 1. The molecule has 6 atom stereocenters. The van der Waals surface area contributed by atoms with Crippen LogP contribution in [0.15, 0.2) is 114 Å². The number of carbonyl (C=O) groups excluding carboxylic acids is 1. The highest BCUT2D eigenvalue weighted by Crippen LogP contribution is 2.62. The molecular formula is C50H52N4O11. The first-order chi connectivity index (χ1) is 31.7. The van der Waals surface area contributed by atoms with Crippen molar-refractivity contribution in [2.24, 2.45) is 22.9 Å². The number of nitro groups is 1. The molecule has 0 spiro atoms. The Morgan fingerprint density at radius 1 is 0.954 bits per heavy atom. The number of hydrogen-bond acceptors (Lipinski definition) is 13. The number of allylic oxidation sites excluding steroid dienone is 1. The predicted molar refractivity (Wildman–Crippen MR) is 238 cm³/mol. The van der Waals surface area contributed by atoms with Crippen molar-refractivity contribution in [2.75, 3.05) is 26.6 Å². The third-order valence-electron chi connectivity index (χ3n) is 12.9. The largest absolute Gasteiger partial charge is 0.508 e. The zero-order valence-corrected chi connectivity index (χ0v) is 35.9. The fourth-order valence-corrected chi connectivity index (χ4v) is 9.97. The van der Waals surface area contributed by atoms with Gasteiger partial charge in [-0.3, -0.25) is 14.9 Å². The monoisotopic (exact) mass is 884 g/mol. The Bertz CT molecular complexity index is 2480. The number of nitro benzene ring substituents is 1. The molecule has 0 saturated heterocycles. The van der Waals surface area contributed by atoms with Gasteiger partial charge in [0, 0.05) is 55.4 Å². The number of amides is 1. The molecule has 4 aliphatic rings. The second-order valence-corrected chi connectivity index (χ2v) is 16.8. The number of fused-ring (bicyclic) bond motifs is 3. The van der Waals surface area contributed by atoms with Crippen molar-refractivity contribution in [2.45, 2.75) is 75.8 Å². The molecule has 0 radical (unpaired) electrons. The number of nitriles is 1. The molecule has 0 bridgehead atoms. The van der Waals surface area contributed by atoms with E-state index in [1.807, 2.05) is 12.1 Å². The highest BCUT2D eigenvalue weighted by molar-refractivity contribution is 6.03. The molecule has 8 rings (SSSR count). The van der Waals surface area contributed by atoms with Gasteiger partial charge in [0.25, 0.3) is 11.6 Å². The molecular weight excluding hydrogens is 833 g/mol. The number of oxime groups is 1. The normalized spacial score (nSPS) is 23.0. The summed E-state index contributed by atoms with van der Waals surface area (Å²) in [6.07, 6.45) is 8.05. The second kappa shape index (κ2) is 20.0. The van der Waals surface area contributed by atoms with Crippen LogP contribution in [0.5, 0.6) is 23.0 Å². The number of ether oxygens (including phenoxy) is 4. The Morgan fingerprint density at radius 2 is 1.68 bits per heavy atom. The molecule has 2 aliphatic heterocycles. The first-order valence-corrected chi connectivity index (χ1v) is 22.0. The summed E-state index contributed by atoms with van der Waals surface area (Å²) >= 11 is 0. The highest BCUT2D eigenvalue weighted by atomic mass is 16.7. The van der Waals surface area contributed by atoms with Gasteiger partial charge in [-0.1, -0.05) is 36.2 Å². The Kier molecular flexibility index (Phi) is 13.8. The lowest BCUT2D eigenvalue weighted by Crippen LogP contribution is -2.70. The van der Waals surface area contributed by atoms with Crippen LogP contribution in [0.25, 0.3) is 0 Å². The maximum Gasteiger partial charge on any atom is 0.269 e. The van der Waals surface area contributed by atoms with E-state index in [4.69, 9.17) is 28.9 Å². The first-order valence-electron chi connectivity index (χ1n) is 22.0. The summed E-state index contributed by atoms with van der Waals surface area (Å²) in [6, 6.07) is 24.3. The van der Waals surface area contributed by atoms with E-state index >= 15 is 4.79 Å². The number of phenols is 1. The molecule has 2 heterocycles. The van der Waals surface area contributed by atoms with E-state index in [1.54, 1.807) is 71.6 Å². The van der Waals surface area contributed by atoms with Gasteiger partial charge in [-0.05, 0) is 121 Å². The van der Waals surface area contributed by atoms with E-state index in [2.05, 4.69) is 18.7 Å². The average molecular weight is 885 g/mol. The fourth-order valence-electron chi connectivity index (χ4n) is 9.97. The van der Waals surface area contributed by atoms with Gasteiger partial charge in [-0.15, -0.1) is 6.58 Å². The summed E-state index contributed by atoms with van der Waals surface area (Å²) in [5.74, 6) is -1.40. The minimum absolute atomic E-state index is 0.00630. The first kappa shape index (κ1) is 44.9. The lowest BCUT2D eigenvalue weighted by Gasteiger charge is -2.60. The van der Waals surface area contributed by atoms with Crippen LogP contribution in [0.1, 0.15) is 83.5 Å². The number of non-ortho nitro benzene ring substituents is 1. The SMILES string of the molecule is C=CCOC12Oc3ccc(O)cc3C3C(CCCCO)C(CCCCO)C=C(C(=NOCc4ccc([N+](=O)[O-])cc4)CC1N(Cc1ccc4c(c1)OCO4)C(=O)c1ccc(C#N)cc1)C32. The van der Waals surface area contributed by atoms with Crippen LogP contribution < -0.4 is 14.2 Å². The fraction of sp³-hybridized carbons (Fsp3) is 0.380. The molecule has 6 unspecified atom stereocenters. The molecule has 1 saturated carbocycles. The minimum Gasteiger partial charge on any atom is -0.508 e. The number of aliphatic hydroxyl groups is 2. The summed E-state index contributed by atoms with van der Waals surface area (Å²) in [7, 11) is 0. The van der Waals surface area contributed by atoms with Crippen molar-refractivity contribution in [3.63, 3.8) is 0 Å². The van der Waals surface area contributed by atoms with Crippen LogP contribution in [-0.2, 0) is 22.7 Å². The quantitative estimate of drug-likeness (QED) is 0.0354. The molecule has 4 aromatic carbocycles. The van der Waals surface area contributed by atoms with Gasteiger partial charge >= 0.3 is 0 Å². The summed E-state index contributed by atoms with van der Waals surface area (Å²) in [5, 5.41) is 56.8. The number of aliphatic hydroxyl groups excluding tert-OH is 2. The Balaban J connectivity index is 1.34. The molecule has 3 N–H and O–H groups in total. The Morgan fingerprint density at radius 3 is 2.40 bits per heavy atom. The smallest absolute Gasteiger partial charge is 0.269 e. The summed E-state index contributed by atoms with van der Waals surface area (Å²) in [4.78, 5) is 34.2. The molecule has 4 aromatic rings. The maximum absolute atomic E-state index is 15.4. The van der Waals surface area contributed by atoms with E-state index in [0.717, 1.165) is 36.0 Å². The van der Waals surface area contributed by atoms with Crippen LogP contribution in [-0.4, -0.2) is 75.2 Å². The average Bonchev–Trinajstić information content (AvgIpc) is 3.80. The topological polar surface area (TPSA) is 206 Å². The molecule has 15 nitrogen and oxygen atoms in total. The Labute approximate surface area is 376 Å². The van der Waals surface area contributed by atoms with Gasteiger partial charge in [0.1, 0.15) is 24.1 Å². The lowest BCUT2D eigenvalue weighted by atomic mass is 9.55. The molecule has 1 fully saturated rings. The number of carbonyl (C=O) groups is 1. The van der Waals surface area contributed by atoms with Gasteiger partial charge < -0.3 is 44.0 Å². The van der Waals surface area contributed by atoms with E-state index in [9.17, 15) is 30.7 Å². The second-order valence-electron chi connectivity index (χ2n) is 16.8. The van der Waals surface area contributed by atoms with Crippen molar-refractivity contribution < 1.29 is 48.8 Å². The van der Waals surface area contributed by atoms with E-state index in [0.29, 0.717) is 58.9 Å². The summed E-state index contributed by atoms with van der Waals surface area (Å²) in [6.45, 7) is 4.24. The molecule has 338 valence electrons. The molecule has 15 heteroatoms. The summed E-state index contributed by atoms with van der Waals surface area (Å²) in [5.41, 5.74) is 4.17. The van der Waals surface area contributed by atoms with Gasteiger partial charge in [0.15, 0.2) is 11.5 Å². The number of aromatic hydroxyl groups is 1. The van der Waals surface area contributed by atoms with E-state index in [1.165, 1.54) is 12.1 Å². The minimum atomic E-state index is -1.59. The number of nitrogens with zero attached hydrogens (tertiary/aromatic N) is 4. The van der Waals surface area contributed by atoms with Crippen LogP contribution in [0.3, 0.4) is 0 Å². The van der Waals surface area contributed by atoms with Gasteiger partial charge in [-0.25, -0.2) is 0 Å². The highest BCUT2D eigenvalue weighted by Gasteiger charge is 2.65. The molecule has 2 aliphatic carbocycles. The Hall–Kier alpha value is -6.73. The molecule has 65 heavy (non-hydrogen) atoms. The third-order valence-corrected chi connectivity index (χ3v) is 12.9.